The molecule has 0 heterocycles. The lowest BCUT2D eigenvalue weighted by molar-refractivity contribution is 0.292. The van der Waals surface area contributed by atoms with E-state index < -0.39 is 0 Å². The molecule has 0 fully saturated rings. The molecule has 0 unspecified atom stereocenters. The minimum absolute atomic E-state index is 0.186. The third kappa shape index (κ3) is 5.82. The molecule has 0 atom stereocenters. The van der Waals surface area contributed by atoms with Crippen LogP contribution in [0.4, 0.5) is 0 Å². The van der Waals surface area contributed by atoms with E-state index in [1.165, 1.54) is 5.56 Å². The van der Waals surface area contributed by atoms with Gasteiger partial charge >= 0.3 is 0 Å². The number of hydrogen-bond acceptors (Lipinski definition) is 4. The third-order valence-corrected chi connectivity index (χ3v) is 3.01. The molecule has 0 amide bonds. The summed E-state index contributed by atoms with van der Waals surface area (Å²) >= 11 is 3.50. The molecule has 0 aliphatic heterocycles. The van der Waals surface area contributed by atoms with Gasteiger partial charge in [0, 0.05) is 26.2 Å². The minimum atomic E-state index is 0.186. The van der Waals surface area contributed by atoms with Gasteiger partial charge in [-0.1, -0.05) is 6.07 Å². The van der Waals surface area contributed by atoms with E-state index in [2.05, 4.69) is 38.7 Å². The Morgan fingerprint density at radius 2 is 2.00 bits per heavy atom. The number of aliphatic hydroxyl groups is 1. The average molecular weight is 317 g/mol. The molecule has 1 rings (SSSR count). The van der Waals surface area contributed by atoms with E-state index in [9.17, 15) is 0 Å². The summed E-state index contributed by atoms with van der Waals surface area (Å²) in [6.07, 6.45) is 0. The molecular weight excluding hydrogens is 296 g/mol. The van der Waals surface area contributed by atoms with Crippen LogP contribution in [0.5, 0.6) is 5.75 Å². The maximum absolute atomic E-state index is 8.60. The van der Waals surface area contributed by atoms with E-state index in [0.29, 0.717) is 13.2 Å². The highest BCUT2D eigenvalue weighted by atomic mass is 79.9. The Morgan fingerprint density at radius 1 is 1.22 bits per heavy atom. The molecular formula is C13H21BrN2O2. The van der Waals surface area contributed by atoms with Crippen molar-refractivity contribution in [2.75, 3.05) is 32.8 Å². The fourth-order valence-electron chi connectivity index (χ4n) is 1.54. The Bertz CT molecular complexity index is 348. The first-order valence-corrected chi connectivity index (χ1v) is 7.00. The highest BCUT2D eigenvalue weighted by molar-refractivity contribution is 9.10. The van der Waals surface area contributed by atoms with Crippen molar-refractivity contribution in [3.63, 3.8) is 0 Å². The summed E-state index contributed by atoms with van der Waals surface area (Å²) in [6.45, 7) is 6.05. The Morgan fingerprint density at radius 3 is 2.67 bits per heavy atom. The van der Waals surface area contributed by atoms with Crippen molar-refractivity contribution in [1.82, 2.24) is 10.6 Å². The van der Waals surface area contributed by atoms with E-state index in [1.54, 1.807) is 0 Å². The van der Waals surface area contributed by atoms with Crippen molar-refractivity contribution in [2.45, 2.75) is 13.5 Å². The van der Waals surface area contributed by atoms with Gasteiger partial charge in [0.2, 0.25) is 0 Å². The zero-order valence-corrected chi connectivity index (χ0v) is 12.3. The van der Waals surface area contributed by atoms with Gasteiger partial charge in [0.25, 0.3) is 0 Å². The number of hydrogen-bond donors (Lipinski definition) is 3. The number of benzene rings is 1. The molecule has 0 aliphatic rings. The van der Waals surface area contributed by atoms with E-state index in [-0.39, 0.29) is 6.61 Å². The van der Waals surface area contributed by atoms with E-state index in [1.807, 2.05) is 13.0 Å². The minimum Gasteiger partial charge on any atom is -0.493 e. The molecule has 0 aromatic heterocycles. The van der Waals surface area contributed by atoms with Crippen LogP contribution in [0.1, 0.15) is 12.5 Å². The lowest BCUT2D eigenvalue weighted by Gasteiger charge is -2.09. The molecule has 18 heavy (non-hydrogen) atoms. The van der Waals surface area contributed by atoms with Crippen LogP contribution in [0.2, 0.25) is 0 Å². The van der Waals surface area contributed by atoms with Crippen molar-refractivity contribution >= 4 is 15.9 Å². The van der Waals surface area contributed by atoms with Crippen LogP contribution in [-0.2, 0) is 6.54 Å². The number of nitrogens with one attached hydrogen (secondary N) is 2. The average Bonchev–Trinajstić information content (AvgIpc) is 2.37. The van der Waals surface area contributed by atoms with Gasteiger partial charge in [-0.15, -0.1) is 0 Å². The summed E-state index contributed by atoms with van der Waals surface area (Å²) in [7, 11) is 0. The van der Waals surface area contributed by atoms with Crippen molar-refractivity contribution in [3.05, 3.63) is 28.2 Å². The van der Waals surface area contributed by atoms with Crippen molar-refractivity contribution in [3.8, 4) is 5.75 Å². The first-order chi connectivity index (χ1) is 8.77. The molecule has 1 aromatic rings. The SMILES string of the molecule is CCOc1ccc(CNCCNCCO)cc1Br. The van der Waals surface area contributed by atoms with Gasteiger partial charge in [-0.2, -0.15) is 0 Å². The quantitative estimate of drug-likeness (QED) is 0.605. The Hall–Kier alpha value is -0.620. The molecule has 0 bridgehead atoms. The first-order valence-electron chi connectivity index (χ1n) is 6.21. The van der Waals surface area contributed by atoms with Gasteiger partial charge in [0.1, 0.15) is 5.75 Å². The molecule has 102 valence electrons. The predicted octanol–water partition coefficient (Wildman–Crippen LogP) is 1.52. The van der Waals surface area contributed by atoms with Crippen LogP contribution in [0, 0.1) is 0 Å². The van der Waals surface area contributed by atoms with E-state index in [4.69, 9.17) is 9.84 Å². The summed E-state index contributed by atoms with van der Waals surface area (Å²) in [5.74, 6) is 0.880. The number of aliphatic hydroxyl groups excluding tert-OH is 1. The topological polar surface area (TPSA) is 53.5 Å². The molecule has 0 spiro atoms. The Labute approximate surface area is 117 Å². The van der Waals surface area contributed by atoms with Crippen LogP contribution in [0.15, 0.2) is 22.7 Å². The van der Waals surface area contributed by atoms with Crippen molar-refractivity contribution in [2.24, 2.45) is 0 Å². The molecule has 1 aromatic carbocycles. The van der Waals surface area contributed by atoms with Crippen molar-refractivity contribution in [1.29, 1.82) is 0 Å². The highest BCUT2D eigenvalue weighted by Crippen LogP contribution is 2.25. The number of rotatable bonds is 9. The van der Waals surface area contributed by atoms with Crippen LogP contribution in [-0.4, -0.2) is 38.0 Å². The summed E-state index contributed by atoms with van der Waals surface area (Å²) in [5.41, 5.74) is 1.22. The van der Waals surface area contributed by atoms with Gasteiger partial charge in [-0.05, 0) is 40.5 Å². The van der Waals surface area contributed by atoms with E-state index >= 15 is 0 Å². The van der Waals surface area contributed by atoms with Crippen LogP contribution < -0.4 is 15.4 Å². The standard InChI is InChI=1S/C13H21BrN2O2/c1-2-18-13-4-3-11(9-12(13)14)10-16-6-5-15-7-8-17/h3-4,9,15-17H,2,5-8,10H2,1H3. The van der Waals surface area contributed by atoms with Gasteiger partial charge < -0.3 is 20.5 Å². The monoisotopic (exact) mass is 316 g/mol. The second-order valence-electron chi connectivity index (χ2n) is 3.85. The summed E-state index contributed by atoms with van der Waals surface area (Å²) in [4.78, 5) is 0. The molecule has 0 saturated carbocycles. The Kier molecular flexibility index (Phi) is 8.00. The molecule has 0 aliphatic carbocycles. The maximum Gasteiger partial charge on any atom is 0.133 e. The second-order valence-corrected chi connectivity index (χ2v) is 4.70. The fraction of sp³-hybridized carbons (Fsp3) is 0.538. The maximum atomic E-state index is 8.60. The van der Waals surface area contributed by atoms with Crippen LogP contribution >= 0.6 is 15.9 Å². The zero-order chi connectivity index (χ0) is 13.2. The van der Waals surface area contributed by atoms with Gasteiger partial charge in [-0.25, -0.2) is 0 Å². The van der Waals surface area contributed by atoms with E-state index in [0.717, 1.165) is 29.9 Å². The van der Waals surface area contributed by atoms with Crippen molar-refractivity contribution < 1.29 is 9.84 Å². The van der Waals surface area contributed by atoms with Gasteiger partial charge in [-0.3, -0.25) is 0 Å². The number of ether oxygens (including phenoxy) is 1. The molecule has 5 heteroatoms. The Balaban J connectivity index is 2.28. The molecule has 4 nitrogen and oxygen atoms in total. The van der Waals surface area contributed by atoms with Crippen LogP contribution in [0.25, 0.3) is 0 Å². The first kappa shape index (κ1) is 15.4. The molecule has 0 radical (unpaired) electrons. The fourth-order valence-corrected chi connectivity index (χ4v) is 2.08. The lowest BCUT2D eigenvalue weighted by atomic mass is 10.2. The lowest BCUT2D eigenvalue weighted by Crippen LogP contribution is -2.28. The highest BCUT2D eigenvalue weighted by Gasteiger charge is 2.01. The normalized spacial score (nSPS) is 10.6. The second kappa shape index (κ2) is 9.33. The third-order valence-electron chi connectivity index (χ3n) is 2.39. The van der Waals surface area contributed by atoms with Gasteiger partial charge in [0.15, 0.2) is 0 Å². The summed E-state index contributed by atoms with van der Waals surface area (Å²) < 4.78 is 6.45. The largest absolute Gasteiger partial charge is 0.493 e. The summed E-state index contributed by atoms with van der Waals surface area (Å²) in [5, 5.41) is 15.1. The number of halogens is 1. The zero-order valence-electron chi connectivity index (χ0n) is 10.7. The van der Waals surface area contributed by atoms with Gasteiger partial charge in [0.05, 0.1) is 17.7 Å². The molecule has 0 saturated heterocycles. The van der Waals surface area contributed by atoms with Crippen LogP contribution in [0.3, 0.4) is 0 Å². The molecule has 3 N–H and O–H groups in total. The summed E-state index contributed by atoms with van der Waals surface area (Å²) in [6, 6.07) is 6.11. The predicted molar refractivity (Wildman–Crippen MR) is 77.0 cm³/mol. The smallest absolute Gasteiger partial charge is 0.133 e.